The molecule has 0 aliphatic heterocycles. The molecule has 2 N–H and O–H groups in total. The molecule has 1 heterocycles. The Balaban J connectivity index is 1.94. The molecule has 0 unspecified atom stereocenters. The van der Waals surface area contributed by atoms with Crippen LogP contribution in [-0.2, 0) is 0 Å². The van der Waals surface area contributed by atoms with Crippen molar-refractivity contribution in [2.45, 2.75) is 19.3 Å². The molecule has 0 spiro atoms. The van der Waals surface area contributed by atoms with Crippen LogP contribution in [0, 0.1) is 5.92 Å². The third-order valence-electron chi connectivity index (χ3n) is 2.85. The van der Waals surface area contributed by atoms with Gasteiger partial charge in [-0.3, -0.25) is 4.79 Å². The van der Waals surface area contributed by atoms with Crippen molar-refractivity contribution in [1.29, 1.82) is 0 Å². The number of pyridine rings is 1. The Morgan fingerprint density at radius 2 is 2.29 bits per heavy atom. The predicted molar refractivity (Wildman–Crippen MR) is 68.5 cm³/mol. The number of hydrogen-bond donors (Lipinski definition) is 2. The highest BCUT2D eigenvalue weighted by molar-refractivity contribution is 6.29. The molecule has 4 nitrogen and oxygen atoms in total. The summed E-state index contributed by atoms with van der Waals surface area (Å²) in [7, 11) is 1.74. The van der Waals surface area contributed by atoms with Crippen molar-refractivity contribution in [3.8, 4) is 0 Å². The van der Waals surface area contributed by atoms with Crippen LogP contribution in [0.5, 0.6) is 0 Å². The lowest BCUT2D eigenvalue weighted by atomic mass is 10.2. The Labute approximate surface area is 106 Å². The van der Waals surface area contributed by atoms with Crippen molar-refractivity contribution in [2.75, 3.05) is 18.9 Å². The van der Waals surface area contributed by atoms with Gasteiger partial charge < -0.3 is 10.6 Å². The predicted octanol–water partition coefficient (Wildman–Crippen LogP) is 2.31. The molecule has 92 valence electrons. The average Bonchev–Trinajstić information content (AvgIpc) is 3.12. The van der Waals surface area contributed by atoms with Crippen molar-refractivity contribution in [3.63, 3.8) is 0 Å². The van der Waals surface area contributed by atoms with Gasteiger partial charge in [0.2, 0.25) is 0 Å². The van der Waals surface area contributed by atoms with E-state index in [-0.39, 0.29) is 5.91 Å². The first-order valence-electron chi connectivity index (χ1n) is 5.82. The van der Waals surface area contributed by atoms with Gasteiger partial charge in [-0.2, -0.15) is 0 Å². The number of nitrogens with one attached hydrogen (secondary N) is 2. The Hall–Kier alpha value is -1.29. The molecule has 0 atom stereocenters. The number of carbonyl (C=O) groups is 1. The van der Waals surface area contributed by atoms with Crippen molar-refractivity contribution in [2.24, 2.45) is 5.92 Å². The Morgan fingerprint density at radius 3 is 2.94 bits per heavy atom. The summed E-state index contributed by atoms with van der Waals surface area (Å²) in [6.45, 7) is 0.734. The molecule has 0 bridgehead atoms. The van der Waals surface area contributed by atoms with Crippen molar-refractivity contribution in [3.05, 3.63) is 22.8 Å². The van der Waals surface area contributed by atoms with E-state index in [9.17, 15) is 4.79 Å². The fraction of sp³-hybridized carbons (Fsp3) is 0.500. The van der Waals surface area contributed by atoms with E-state index >= 15 is 0 Å². The minimum Gasteiger partial charge on any atom is -0.373 e. The Morgan fingerprint density at radius 1 is 1.53 bits per heavy atom. The van der Waals surface area contributed by atoms with Crippen LogP contribution in [-0.4, -0.2) is 24.5 Å². The van der Waals surface area contributed by atoms with Crippen LogP contribution in [0.2, 0.25) is 5.15 Å². The molecule has 1 aromatic rings. The third kappa shape index (κ3) is 3.60. The number of halogens is 1. The summed E-state index contributed by atoms with van der Waals surface area (Å²) >= 11 is 5.84. The van der Waals surface area contributed by atoms with E-state index in [1.165, 1.54) is 12.8 Å². The molecule has 2 rings (SSSR count). The quantitative estimate of drug-likeness (QED) is 0.792. The van der Waals surface area contributed by atoms with Crippen LogP contribution in [0.4, 0.5) is 5.82 Å². The van der Waals surface area contributed by atoms with Crippen LogP contribution >= 0.6 is 11.6 Å². The van der Waals surface area contributed by atoms with Crippen LogP contribution < -0.4 is 10.6 Å². The van der Waals surface area contributed by atoms with E-state index in [1.54, 1.807) is 19.2 Å². The SMILES string of the molecule is CNc1cc(C(=O)NCCC2CC2)cc(Cl)n1. The molecule has 0 radical (unpaired) electrons. The third-order valence-corrected chi connectivity index (χ3v) is 3.04. The number of nitrogens with zero attached hydrogens (tertiary/aromatic N) is 1. The van der Waals surface area contributed by atoms with Crippen molar-refractivity contribution < 1.29 is 4.79 Å². The number of aromatic nitrogens is 1. The molecule has 1 aromatic heterocycles. The van der Waals surface area contributed by atoms with Crippen LogP contribution in [0.1, 0.15) is 29.6 Å². The van der Waals surface area contributed by atoms with Crippen LogP contribution in [0.25, 0.3) is 0 Å². The number of anilines is 1. The van der Waals surface area contributed by atoms with E-state index in [2.05, 4.69) is 15.6 Å². The molecule has 0 saturated heterocycles. The maximum Gasteiger partial charge on any atom is 0.251 e. The number of amides is 1. The summed E-state index contributed by atoms with van der Waals surface area (Å²) < 4.78 is 0. The summed E-state index contributed by atoms with van der Waals surface area (Å²) in [5.74, 6) is 1.33. The fourth-order valence-electron chi connectivity index (χ4n) is 1.65. The van der Waals surface area contributed by atoms with Gasteiger partial charge in [-0.1, -0.05) is 24.4 Å². The van der Waals surface area contributed by atoms with Gasteiger partial charge >= 0.3 is 0 Å². The molecule has 17 heavy (non-hydrogen) atoms. The topological polar surface area (TPSA) is 54.0 Å². The van der Waals surface area contributed by atoms with Gasteiger partial charge in [0.15, 0.2) is 0 Å². The molecule has 1 saturated carbocycles. The highest BCUT2D eigenvalue weighted by atomic mass is 35.5. The highest BCUT2D eigenvalue weighted by Gasteiger charge is 2.20. The van der Waals surface area contributed by atoms with Gasteiger partial charge in [-0.25, -0.2) is 4.98 Å². The molecule has 1 fully saturated rings. The Kier molecular flexibility index (Phi) is 3.84. The second-order valence-electron chi connectivity index (χ2n) is 4.30. The fourth-order valence-corrected chi connectivity index (χ4v) is 1.86. The maximum absolute atomic E-state index is 11.8. The molecule has 1 aliphatic carbocycles. The standard InChI is InChI=1S/C12H16ClN3O/c1-14-11-7-9(6-10(13)16-11)12(17)15-5-4-8-2-3-8/h6-8H,2-5H2,1H3,(H,14,16)(H,15,17). The second-order valence-corrected chi connectivity index (χ2v) is 4.69. The number of rotatable bonds is 5. The molecular formula is C12H16ClN3O. The highest BCUT2D eigenvalue weighted by Crippen LogP contribution is 2.31. The van der Waals surface area contributed by atoms with Crippen molar-refractivity contribution >= 4 is 23.3 Å². The van der Waals surface area contributed by atoms with Crippen LogP contribution in [0.15, 0.2) is 12.1 Å². The van der Waals surface area contributed by atoms with Gasteiger partial charge in [0.1, 0.15) is 11.0 Å². The van der Waals surface area contributed by atoms with Gasteiger partial charge in [0.05, 0.1) is 0 Å². The lowest BCUT2D eigenvalue weighted by molar-refractivity contribution is 0.0952. The molecule has 5 heteroatoms. The minimum absolute atomic E-state index is 0.0912. The van der Waals surface area contributed by atoms with Crippen LogP contribution in [0.3, 0.4) is 0 Å². The van der Waals surface area contributed by atoms with Gasteiger partial charge in [0.25, 0.3) is 5.91 Å². The van der Waals surface area contributed by atoms with Crippen molar-refractivity contribution in [1.82, 2.24) is 10.3 Å². The second kappa shape index (κ2) is 5.36. The zero-order chi connectivity index (χ0) is 12.3. The number of hydrogen-bond acceptors (Lipinski definition) is 3. The monoisotopic (exact) mass is 253 g/mol. The summed E-state index contributed by atoms with van der Waals surface area (Å²) in [6, 6.07) is 3.27. The van der Waals surface area contributed by atoms with Gasteiger partial charge in [-0.05, 0) is 24.5 Å². The molecule has 0 aromatic carbocycles. The lowest BCUT2D eigenvalue weighted by Gasteiger charge is -2.06. The lowest BCUT2D eigenvalue weighted by Crippen LogP contribution is -2.24. The summed E-state index contributed by atoms with van der Waals surface area (Å²) in [5.41, 5.74) is 0.546. The minimum atomic E-state index is -0.0912. The molecule has 1 amide bonds. The smallest absolute Gasteiger partial charge is 0.251 e. The summed E-state index contributed by atoms with van der Waals surface area (Å²) in [6.07, 6.45) is 3.69. The molecular weight excluding hydrogens is 238 g/mol. The molecule has 1 aliphatic rings. The first kappa shape index (κ1) is 12.2. The zero-order valence-electron chi connectivity index (χ0n) is 9.79. The Bertz CT molecular complexity index is 418. The first-order chi connectivity index (χ1) is 8.19. The normalized spacial score (nSPS) is 14.5. The van der Waals surface area contributed by atoms with E-state index in [4.69, 9.17) is 11.6 Å². The van der Waals surface area contributed by atoms with Gasteiger partial charge in [0, 0.05) is 19.2 Å². The zero-order valence-corrected chi connectivity index (χ0v) is 10.5. The van der Waals surface area contributed by atoms with E-state index in [0.29, 0.717) is 16.5 Å². The van der Waals surface area contributed by atoms with E-state index < -0.39 is 0 Å². The maximum atomic E-state index is 11.8. The summed E-state index contributed by atoms with van der Waals surface area (Å²) in [4.78, 5) is 15.9. The van der Waals surface area contributed by atoms with Gasteiger partial charge in [-0.15, -0.1) is 0 Å². The summed E-state index contributed by atoms with van der Waals surface area (Å²) in [5, 5.41) is 6.09. The number of carbonyl (C=O) groups excluding carboxylic acids is 1. The largest absolute Gasteiger partial charge is 0.373 e. The van der Waals surface area contributed by atoms with E-state index in [0.717, 1.165) is 18.9 Å². The first-order valence-corrected chi connectivity index (χ1v) is 6.20. The van der Waals surface area contributed by atoms with E-state index in [1.807, 2.05) is 0 Å². The average molecular weight is 254 g/mol.